The van der Waals surface area contributed by atoms with E-state index in [1.54, 1.807) is 23.9 Å². The van der Waals surface area contributed by atoms with Crippen LogP contribution < -0.4 is 0 Å². The van der Waals surface area contributed by atoms with E-state index >= 15 is 0 Å². The third kappa shape index (κ3) is 2.81. The average molecular weight is 302 g/mol. The van der Waals surface area contributed by atoms with Crippen LogP contribution in [-0.2, 0) is 11.3 Å². The lowest BCUT2D eigenvalue weighted by Gasteiger charge is -2.09. The Kier molecular flexibility index (Phi) is 3.97. The van der Waals surface area contributed by atoms with Crippen LogP contribution in [0, 0.1) is 5.82 Å². The monoisotopic (exact) mass is 302 g/mol. The van der Waals surface area contributed by atoms with Gasteiger partial charge in [-0.3, -0.25) is 0 Å². The Hall–Kier alpha value is -1.81. The summed E-state index contributed by atoms with van der Waals surface area (Å²) in [5.74, 6) is 0.355. The molecule has 0 saturated carbocycles. The molecule has 0 bridgehead atoms. The summed E-state index contributed by atoms with van der Waals surface area (Å²) in [6.45, 7) is 2.30. The molecule has 4 heteroatoms. The summed E-state index contributed by atoms with van der Waals surface area (Å²) >= 11 is 1.73. The van der Waals surface area contributed by atoms with Crippen molar-refractivity contribution in [3.05, 3.63) is 53.3 Å². The van der Waals surface area contributed by atoms with Gasteiger partial charge >= 0.3 is 5.97 Å². The fourth-order valence-electron chi connectivity index (χ4n) is 2.38. The van der Waals surface area contributed by atoms with Crippen molar-refractivity contribution in [3.63, 3.8) is 0 Å². The van der Waals surface area contributed by atoms with Gasteiger partial charge in [-0.05, 0) is 59.2 Å². The second-order valence-electron chi connectivity index (χ2n) is 4.93. The van der Waals surface area contributed by atoms with Crippen molar-refractivity contribution < 1.29 is 13.9 Å². The van der Waals surface area contributed by atoms with E-state index in [0.717, 1.165) is 33.8 Å². The third-order valence-electron chi connectivity index (χ3n) is 3.40. The minimum atomic E-state index is -0.353. The minimum absolute atomic E-state index is 0.181. The summed E-state index contributed by atoms with van der Waals surface area (Å²) in [5, 5.41) is 0. The van der Waals surface area contributed by atoms with Crippen molar-refractivity contribution in [2.75, 3.05) is 5.75 Å². The summed E-state index contributed by atoms with van der Waals surface area (Å²) < 4.78 is 18.8. The first kappa shape index (κ1) is 14.1. The highest BCUT2D eigenvalue weighted by Crippen LogP contribution is 2.35. The average Bonchev–Trinajstić information content (AvgIpc) is 2.63. The van der Waals surface area contributed by atoms with Crippen molar-refractivity contribution in [3.8, 4) is 11.1 Å². The van der Waals surface area contributed by atoms with E-state index in [2.05, 4.69) is 6.92 Å². The van der Waals surface area contributed by atoms with E-state index in [1.807, 2.05) is 12.1 Å². The van der Waals surface area contributed by atoms with Crippen LogP contribution in [0.2, 0.25) is 0 Å². The van der Waals surface area contributed by atoms with Gasteiger partial charge in [0.2, 0.25) is 0 Å². The van der Waals surface area contributed by atoms with Gasteiger partial charge in [-0.2, -0.15) is 0 Å². The fraction of sp³-hybridized carbons (Fsp3) is 0.235. The van der Waals surface area contributed by atoms with Crippen molar-refractivity contribution in [2.45, 2.75) is 24.8 Å². The zero-order valence-corrected chi connectivity index (χ0v) is 12.5. The number of fused-ring (bicyclic) bond motifs is 3. The molecule has 1 aliphatic rings. The lowest BCUT2D eigenvalue weighted by molar-refractivity contribution is 0.0479. The second-order valence-corrected chi connectivity index (χ2v) is 6.10. The first-order valence-electron chi connectivity index (χ1n) is 6.92. The number of ether oxygens (including phenoxy) is 1. The molecular formula is C17H15FO2S. The lowest BCUT2D eigenvalue weighted by Crippen LogP contribution is -2.03. The number of esters is 1. The molecule has 0 radical (unpaired) electrons. The number of hydrogen-bond donors (Lipinski definition) is 0. The van der Waals surface area contributed by atoms with Crippen LogP contribution >= 0.6 is 11.8 Å². The summed E-state index contributed by atoms with van der Waals surface area (Å²) in [7, 11) is 0. The standard InChI is InChI=1S/C17H15FO2S/c1-2-7-21-13-5-6-14-16(9-13)15-8-12(18)4-3-11(15)10-20-17(14)19/h3-6,8-9H,2,7,10H2,1H3. The number of hydrogen-bond acceptors (Lipinski definition) is 3. The van der Waals surface area contributed by atoms with Gasteiger partial charge in [0, 0.05) is 4.90 Å². The molecule has 0 N–H and O–H groups in total. The zero-order chi connectivity index (χ0) is 14.8. The van der Waals surface area contributed by atoms with Crippen molar-refractivity contribution in [2.24, 2.45) is 0 Å². The molecule has 1 heterocycles. The van der Waals surface area contributed by atoms with Gasteiger partial charge in [0.25, 0.3) is 0 Å². The topological polar surface area (TPSA) is 26.3 Å². The highest BCUT2D eigenvalue weighted by molar-refractivity contribution is 7.99. The van der Waals surface area contributed by atoms with Crippen molar-refractivity contribution in [1.82, 2.24) is 0 Å². The van der Waals surface area contributed by atoms with E-state index in [1.165, 1.54) is 12.1 Å². The first-order valence-corrected chi connectivity index (χ1v) is 7.90. The largest absolute Gasteiger partial charge is 0.457 e. The van der Waals surface area contributed by atoms with Crippen LogP contribution in [0.1, 0.15) is 29.3 Å². The summed E-state index contributed by atoms with van der Waals surface area (Å²) in [5.41, 5.74) is 2.84. The predicted octanol–water partition coefficient (Wildman–Crippen LogP) is 4.67. The van der Waals surface area contributed by atoms with Crippen LogP contribution in [0.15, 0.2) is 41.3 Å². The van der Waals surface area contributed by atoms with Crippen LogP contribution in [0.4, 0.5) is 4.39 Å². The first-order chi connectivity index (χ1) is 10.2. The van der Waals surface area contributed by atoms with Gasteiger partial charge in [-0.25, -0.2) is 9.18 Å². The van der Waals surface area contributed by atoms with E-state index in [9.17, 15) is 9.18 Å². The lowest BCUT2D eigenvalue weighted by atomic mass is 9.96. The molecule has 2 aromatic rings. The van der Waals surface area contributed by atoms with Gasteiger partial charge in [0.05, 0.1) is 5.56 Å². The number of carbonyl (C=O) groups excluding carboxylic acids is 1. The Morgan fingerprint density at radius 2 is 2.00 bits per heavy atom. The minimum Gasteiger partial charge on any atom is -0.457 e. The SMILES string of the molecule is CCCSc1ccc2c(c1)-c1cc(F)ccc1COC2=O. The highest BCUT2D eigenvalue weighted by atomic mass is 32.2. The second kappa shape index (κ2) is 5.90. The van der Waals surface area contributed by atoms with Gasteiger partial charge < -0.3 is 4.74 Å². The van der Waals surface area contributed by atoms with E-state index < -0.39 is 0 Å². The molecule has 2 aromatic carbocycles. The summed E-state index contributed by atoms with van der Waals surface area (Å²) in [6, 6.07) is 10.2. The van der Waals surface area contributed by atoms with E-state index in [-0.39, 0.29) is 18.4 Å². The van der Waals surface area contributed by atoms with Crippen molar-refractivity contribution in [1.29, 1.82) is 0 Å². The molecule has 0 atom stereocenters. The van der Waals surface area contributed by atoms with E-state index in [0.29, 0.717) is 5.56 Å². The van der Waals surface area contributed by atoms with Gasteiger partial charge in [0.1, 0.15) is 12.4 Å². The summed E-state index contributed by atoms with van der Waals surface area (Å²) in [4.78, 5) is 13.1. The molecule has 1 aliphatic heterocycles. The predicted molar refractivity (Wildman–Crippen MR) is 82.0 cm³/mol. The zero-order valence-electron chi connectivity index (χ0n) is 11.7. The molecule has 0 aliphatic carbocycles. The Balaban J connectivity index is 2.15. The molecule has 0 unspecified atom stereocenters. The number of benzene rings is 2. The maximum atomic E-state index is 13.6. The molecule has 0 amide bonds. The number of carbonyl (C=O) groups is 1. The molecule has 108 valence electrons. The quantitative estimate of drug-likeness (QED) is 0.609. The Bertz CT molecular complexity index is 697. The fourth-order valence-corrected chi connectivity index (χ4v) is 3.19. The summed E-state index contributed by atoms with van der Waals surface area (Å²) in [6.07, 6.45) is 1.08. The molecule has 0 aromatic heterocycles. The Morgan fingerprint density at radius 1 is 1.14 bits per heavy atom. The van der Waals surface area contributed by atoms with Gasteiger partial charge in [-0.15, -0.1) is 11.8 Å². The van der Waals surface area contributed by atoms with Crippen molar-refractivity contribution >= 4 is 17.7 Å². The van der Waals surface area contributed by atoms with Crippen LogP contribution in [0.5, 0.6) is 0 Å². The molecule has 2 nitrogen and oxygen atoms in total. The molecule has 0 spiro atoms. The van der Waals surface area contributed by atoms with Crippen LogP contribution in [-0.4, -0.2) is 11.7 Å². The molecule has 0 saturated heterocycles. The Morgan fingerprint density at radius 3 is 2.81 bits per heavy atom. The number of thioether (sulfide) groups is 1. The maximum absolute atomic E-state index is 13.6. The molecule has 0 fully saturated rings. The molecule has 21 heavy (non-hydrogen) atoms. The molecular weight excluding hydrogens is 287 g/mol. The van der Waals surface area contributed by atoms with Crippen LogP contribution in [0.25, 0.3) is 11.1 Å². The normalized spacial score (nSPS) is 13.1. The Labute approximate surface area is 127 Å². The van der Waals surface area contributed by atoms with Gasteiger partial charge in [0.15, 0.2) is 0 Å². The van der Waals surface area contributed by atoms with Crippen LogP contribution in [0.3, 0.4) is 0 Å². The van der Waals surface area contributed by atoms with E-state index in [4.69, 9.17) is 4.74 Å². The number of cyclic esters (lactones) is 1. The highest BCUT2D eigenvalue weighted by Gasteiger charge is 2.22. The smallest absolute Gasteiger partial charge is 0.339 e. The molecule has 3 rings (SSSR count). The van der Waals surface area contributed by atoms with Gasteiger partial charge in [-0.1, -0.05) is 13.0 Å². The number of rotatable bonds is 3. The maximum Gasteiger partial charge on any atom is 0.339 e. The number of halogens is 1. The third-order valence-corrected chi connectivity index (χ3v) is 4.60.